The highest BCUT2D eigenvalue weighted by Gasteiger charge is 2.24. The number of rotatable bonds is 13. The molecule has 0 bridgehead atoms. The molecule has 40 heavy (non-hydrogen) atoms. The van der Waals surface area contributed by atoms with Crippen LogP contribution in [0, 0.1) is 0 Å². The van der Waals surface area contributed by atoms with Crippen LogP contribution >= 0.6 is 11.8 Å². The van der Waals surface area contributed by atoms with E-state index in [1.54, 1.807) is 18.2 Å². The first-order valence-electron chi connectivity index (χ1n) is 13.5. The summed E-state index contributed by atoms with van der Waals surface area (Å²) in [6, 6.07) is 24.3. The van der Waals surface area contributed by atoms with Crippen molar-refractivity contribution in [3.8, 4) is 17.1 Å². The molecule has 0 saturated carbocycles. The highest BCUT2D eigenvalue weighted by Crippen LogP contribution is 2.30. The first-order chi connectivity index (χ1) is 19.4. The number of amides is 1. The van der Waals surface area contributed by atoms with Crippen molar-refractivity contribution in [3.05, 3.63) is 84.4 Å². The van der Waals surface area contributed by atoms with Crippen molar-refractivity contribution >= 4 is 33.4 Å². The molecule has 4 rings (SSSR count). The topological polar surface area (TPSA) is 97.2 Å². The van der Waals surface area contributed by atoms with E-state index >= 15 is 0 Å². The fourth-order valence-corrected chi connectivity index (χ4v) is 6.59. The zero-order valence-corrected chi connectivity index (χ0v) is 24.7. The van der Waals surface area contributed by atoms with Gasteiger partial charge in [0.1, 0.15) is 0 Å². The lowest BCUT2D eigenvalue weighted by molar-refractivity contribution is -0.113. The number of benzene rings is 3. The van der Waals surface area contributed by atoms with Crippen molar-refractivity contribution < 1.29 is 13.2 Å². The second-order valence-corrected chi connectivity index (χ2v) is 12.1. The third-order valence-corrected chi connectivity index (χ3v) is 9.45. The van der Waals surface area contributed by atoms with Crippen LogP contribution in [0.3, 0.4) is 0 Å². The molecule has 0 aliphatic heterocycles. The molecule has 0 aliphatic carbocycles. The number of nitrogens with zero attached hydrogens (tertiary/aromatic N) is 4. The summed E-state index contributed by atoms with van der Waals surface area (Å²) < 4.78 is 29.6. The van der Waals surface area contributed by atoms with Crippen molar-refractivity contribution in [2.75, 3.05) is 24.2 Å². The number of hydrogen-bond acceptors (Lipinski definition) is 6. The summed E-state index contributed by atoms with van der Waals surface area (Å²) in [7, 11) is -3.64. The molecule has 4 aromatic rings. The summed E-state index contributed by atoms with van der Waals surface area (Å²) in [5, 5.41) is 12.3. The van der Waals surface area contributed by atoms with Crippen LogP contribution in [0.2, 0.25) is 0 Å². The molecule has 1 amide bonds. The Hall–Kier alpha value is -3.47. The third-order valence-electron chi connectivity index (χ3n) is 6.47. The Morgan fingerprint density at radius 1 is 0.925 bits per heavy atom. The summed E-state index contributed by atoms with van der Waals surface area (Å²) in [6.07, 6.45) is 3.32. The number of sulfonamides is 1. The van der Waals surface area contributed by atoms with Crippen molar-refractivity contribution in [2.45, 2.75) is 50.1 Å². The normalized spacial score (nSPS) is 11.6. The van der Waals surface area contributed by atoms with Crippen LogP contribution < -0.4 is 5.32 Å². The van der Waals surface area contributed by atoms with Gasteiger partial charge in [-0.1, -0.05) is 81.4 Å². The average Bonchev–Trinajstić information content (AvgIpc) is 3.41. The molecular formula is C30H35N5O3S2. The van der Waals surface area contributed by atoms with Crippen molar-refractivity contribution in [2.24, 2.45) is 0 Å². The largest absolute Gasteiger partial charge is 0.325 e. The lowest BCUT2D eigenvalue weighted by Gasteiger charge is -2.19. The molecular weight excluding hydrogens is 542 g/mol. The third kappa shape index (κ3) is 6.99. The van der Waals surface area contributed by atoms with E-state index in [1.807, 2.05) is 79.1 Å². The Labute approximate surface area is 240 Å². The first kappa shape index (κ1) is 29.5. The van der Waals surface area contributed by atoms with Crippen LogP contribution in [-0.4, -0.2) is 52.2 Å². The molecule has 0 atom stereocenters. The number of carbonyl (C=O) groups is 1. The van der Waals surface area contributed by atoms with Crippen LogP contribution in [0.15, 0.2) is 88.9 Å². The minimum atomic E-state index is -3.64. The number of hydrogen-bond donors (Lipinski definition) is 1. The summed E-state index contributed by atoms with van der Waals surface area (Å²) >= 11 is 1.27. The highest BCUT2D eigenvalue weighted by atomic mass is 32.2. The maximum absolute atomic E-state index is 13.2. The quantitative estimate of drug-likeness (QED) is 0.195. The van der Waals surface area contributed by atoms with E-state index in [4.69, 9.17) is 0 Å². The Morgan fingerprint density at radius 3 is 2.33 bits per heavy atom. The van der Waals surface area contributed by atoms with Gasteiger partial charge >= 0.3 is 0 Å². The summed E-state index contributed by atoms with van der Waals surface area (Å²) in [5.41, 5.74) is 3.43. The molecule has 1 heterocycles. The molecule has 1 N–H and O–H groups in total. The highest BCUT2D eigenvalue weighted by molar-refractivity contribution is 7.99. The number of anilines is 1. The summed E-state index contributed by atoms with van der Waals surface area (Å²) in [4.78, 5) is 13.0. The predicted octanol–water partition coefficient (Wildman–Crippen LogP) is 6.04. The van der Waals surface area contributed by atoms with Gasteiger partial charge in [-0.2, -0.15) is 4.31 Å². The van der Waals surface area contributed by atoms with Gasteiger partial charge in [-0.05, 0) is 54.8 Å². The summed E-state index contributed by atoms with van der Waals surface area (Å²) in [5.74, 6) is 0.481. The van der Waals surface area contributed by atoms with Gasteiger partial charge in [0.15, 0.2) is 11.0 Å². The van der Waals surface area contributed by atoms with Crippen molar-refractivity contribution in [1.29, 1.82) is 0 Å². The number of unbranched alkanes of at least 4 members (excludes halogenated alkanes) is 1. The Kier molecular flexibility index (Phi) is 10.1. The van der Waals surface area contributed by atoms with E-state index in [1.165, 1.54) is 21.6 Å². The molecule has 0 radical (unpaired) electrons. The van der Waals surface area contributed by atoms with E-state index in [2.05, 4.69) is 22.4 Å². The number of para-hydroxylation sites is 1. The molecule has 0 unspecified atom stereocenters. The van der Waals surface area contributed by atoms with E-state index in [-0.39, 0.29) is 16.6 Å². The van der Waals surface area contributed by atoms with Gasteiger partial charge in [-0.3, -0.25) is 9.36 Å². The molecule has 0 saturated heterocycles. The second kappa shape index (κ2) is 13.7. The van der Waals surface area contributed by atoms with Gasteiger partial charge in [0.25, 0.3) is 0 Å². The Balaban J connectivity index is 1.58. The zero-order chi connectivity index (χ0) is 28.5. The van der Waals surface area contributed by atoms with E-state index < -0.39 is 10.0 Å². The average molecular weight is 578 g/mol. The monoisotopic (exact) mass is 577 g/mol. The zero-order valence-electron chi connectivity index (χ0n) is 23.1. The van der Waals surface area contributed by atoms with Crippen molar-refractivity contribution in [1.82, 2.24) is 19.1 Å². The maximum atomic E-state index is 13.2. The number of nitrogens with one attached hydrogen (secondary N) is 1. The number of aromatic nitrogens is 3. The molecule has 10 heteroatoms. The standard InChI is InChI=1S/C30H35N5O3S2/c1-4-7-12-23-17-19-25(20-18-23)31-28(36)22-39-30-33-32-29(35(30)26-14-9-8-10-15-26)24-13-11-16-27(21-24)40(37,38)34(5-2)6-3/h8-11,13-21H,4-7,12,22H2,1-3H3,(H,31,36). The Morgan fingerprint density at radius 2 is 1.65 bits per heavy atom. The minimum Gasteiger partial charge on any atom is -0.325 e. The SMILES string of the molecule is CCCCc1ccc(NC(=O)CSc2nnc(-c3cccc(S(=O)(=O)N(CC)CC)c3)n2-c2ccccc2)cc1. The maximum Gasteiger partial charge on any atom is 0.243 e. The second-order valence-electron chi connectivity index (χ2n) is 9.23. The fourth-order valence-electron chi connectivity index (χ4n) is 4.33. The van der Waals surface area contributed by atoms with Crippen LogP contribution in [0.4, 0.5) is 5.69 Å². The Bertz CT molecular complexity index is 1520. The van der Waals surface area contributed by atoms with Crippen molar-refractivity contribution in [3.63, 3.8) is 0 Å². The van der Waals surface area contributed by atoms with Crippen LogP contribution in [0.25, 0.3) is 17.1 Å². The lowest BCUT2D eigenvalue weighted by Crippen LogP contribution is -2.30. The van der Waals surface area contributed by atoms with E-state index in [0.717, 1.165) is 30.6 Å². The first-order valence-corrected chi connectivity index (χ1v) is 15.9. The van der Waals surface area contributed by atoms with E-state index in [9.17, 15) is 13.2 Å². The summed E-state index contributed by atoms with van der Waals surface area (Å²) in [6.45, 7) is 6.57. The van der Waals surface area contributed by atoms with Gasteiger partial charge in [0, 0.05) is 30.0 Å². The van der Waals surface area contributed by atoms with Gasteiger partial charge in [-0.15, -0.1) is 10.2 Å². The van der Waals surface area contributed by atoms with Gasteiger partial charge in [0.05, 0.1) is 10.6 Å². The molecule has 3 aromatic carbocycles. The molecule has 210 valence electrons. The molecule has 1 aromatic heterocycles. The van der Waals surface area contributed by atoms with Crippen LogP contribution in [-0.2, 0) is 21.2 Å². The van der Waals surface area contributed by atoms with Gasteiger partial charge in [0.2, 0.25) is 15.9 Å². The molecule has 0 spiro atoms. The van der Waals surface area contributed by atoms with Crippen LogP contribution in [0.5, 0.6) is 0 Å². The molecule has 0 aliphatic rings. The van der Waals surface area contributed by atoms with Gasteiger partial charge in [-0.25, -0.2) is 8.42 Å². The fraction of sp³-hybridized carbons (Fsp3) is 0.300. The van der Waals surface area contributed by atoms with Gasteiger partial charge < -0.3 is 5.32 Å². The van der Waals surface area contributed by atoms with Crippen LogP contribution in [0.1, 0.15) is 39.2 Å². The number of aryl methyl sites for hydroxylation is 1. The minimum absolute atomic E-state index is 0.138. The number of carbonyl (C=O) groups excluding carboxylic acids is 1. The number of thioether (sulfide) groups is 1. The smallest absolute Gasteiger partial charge is 0.243 e. The lowest BCUT2D eigenvalue weighted by atomic mass is 10.1. The molecule has 8 nitrogen and oxygen atoms in total. The van der Waals surface area contributed by atoms with E-state index in [0.29, 0.717) is 29.6 Å². The molecule has 0 fully saturated rings. The predicted molar refractivity (Wildman–Crippen MR) is 161 cm³/mol.